The summed E-state index contributed by atoms with van der Waals surface area (Å²) < 4.78 is 0. The average Bonchev–Trinajstić information content (AvgIpc) is 2.37. The molecule has 2 aromatic rings. The lowest BCUT2D eigenvalue weighted by Crippen LogP contribution is -2.04. The molecule has 1 aromatic carbocycles. The molecule has 0 atom stereocenters. The van der Waals surface area contributed by atoms with Crippen LogP contribution < -0.4 is 5.32 Å². The zero-order valence-corrected chi connectivity index (χ0v) is 12.1. The predicted molar refractivity (Wildman–Crippen MR) is 77.6 cm³/mol. The number of benzene rings is 1. The molecule has 0 aliphatic rings. The molecule has 18 heavy (non-hydrogen) atoms. The van der Waals surface area contributed by atoms with E-state index in [9.17, 15) is 0 Å². The van der Waals surface area contributed by atoms with E-state index in [4.69, 9.17) is 23.2 Å². The van der Waals surface area contributed by atoms with Crippen molar-refractivity contribution in [2.75, 3.05) is 7.05 Å². The Morgan fingerprint density at radius 1 is 1.22 bits per heavy atom. The molecule has 1 N–H and O–H groups in total. The molecule has 0 fully saturated rings. The maximum absolute atomic E-state index is 6.11. The minimum atomic E-state index is 0.675. The molecular weight excluding hydrogens is 287 g/mol. The maximum Gasteiger partial charge on any atom is 0.101 e. The Hall–Kier alpha value is -0.740. The summed E-state index contributed by atoms with van der Waals surface area (Å²) in [5.74, 6) is 0. The highest BCUT2D eigenvalue weighted by atomic mass is 35.5. The third-order valence-corrected chi connectivity index (χ3v) is 3.97. The number of hydrogen-bond donors (Lipinski definition) is 1. The van der Waals surface area contributed by atoms with Gasteiger partial charge in [-0.2, -0.15) is 0 Å². The van der Waals surface area contributed by atoms with Crippen LogP contribution in [0.3, 0.4) is 0 Å². The average molecular weight is 299 g/mol. The number of nitrogens with zero attached hydrogens (tertiary/aromatic N) is 1. The molecule has 0 bridgehead atoms. The lowest BCUT2D eigenvalue weighted by atomic mass is 10.3. The van der Waals surface area contributed by atoms with Crippen LogP contribution in [0.2, 0.25) is 10.0 Å². The molecule has 0 unspecified atom stereocenters. The van der Waals surface area contributed by atoms with Crippen molar-refractivity contribution in [1.82, 2.24) is 10.3 Å². The van der Waals surface area contributed by atoms with E-state index < -0.39 is 0 Å². The van der Waals surface area contributed by atoms with E-state index in [0.29, 0.717) is 10.0 Å². The predicted octanol–water partition coefficient (Wildman–Crippen LogP) is 4.26. The molecule has 0 aliphatic heterocycles. The van der Waals surface area contributed by atoms with Gasteiger partial charge in [0.25, 0.3) is 0 Å². The Labute approximate surface area is 121 Å². The van der Waals surface area contributed by atoms with Gasteiger partial charge in [0.05, 0.1) is 5.02 Å². The number of halogens is 2. The lowest BCUT2D eigenvalue weighted by Gasteiger charge is -2.05. The minimum Gasteiger partial charge on any atom is -0.316 e. The highest BCUT2D eigenvalue weighted by molar-refractivity contribution is 7.99. The van der Waals surface area contributed by atoms with Gasteiger partial charge in [0.1, 0.15) is 5.03 Å². The molecule has 2 nitrogen and oxygen atoms in total. The number of hydrogen-bond acceptors (Lipinski definition) is 3. The summed E-state index contributed by atoms with van der Waals surface area (Å²) >= 11 is 13.6. The zero-order chi connectivity index (χ0) is 13.0. The molecule has 1 heterocycles. The van der Waals surface area contributed by atoms with Gasteiger partial charge in [-0.05, 0) is 36.9 Å². The van der Waals surface area contributed by atoms with Crippen LogP contribution in [-0.4, -0.2) is 12.0 Å². The van der Waals surface area contributed by atoms with Gasteiger partial charge >= 0.3 is 0 Å². The van der Waals surface area contributed by atoms with Crippen molar-refractivity contribution in [3.8, 4) is 0 Å². The van der Waals surface area contributed by atoms with E-state index in [1.54, 1.807) is 12.1 Å². The van der Waals surface area contributed by atoms with E-state index in [1.807, 2.05) is 31.4 Å². The fourth-order valence-electron chi connectivity index (χ4n) is 1.45. The van der Waals surface area contributed by atoms with E-state index in [1.165, 1.54) is 11.8 Å². The Morgan fingerprint density at radius 2 is 2.06 bits per heavy atom. The first-order chi connectivity index (χ1) is 8.69. The summed E-state index contributed by atoms with van der Waals surface area (Å²) in [5, 5.41) is 5.35. The number of pyridine rings is 1. The van der Waals surface area contributed by atoms with E-state index in [2.05, 4.69) is 10.3 Å². The number of nitrogens with one attached hydrogen (secondary N) is 1. The van der Waals surface area contributed by atoms with Crippen molar-refractivity contribution < 1.29 is 0 Å². The molecule has 94 valence electrons. The second kappa shape index (κ2) is 6.43. The van der Waals surface area contributed by atoms with Gasteiger partial charge in [0.2, 0.25) is 0 Å². The molecule has 0 radical (unpaired) electrons. The molecule has 2 rings (SSSR count). The Balaban J connectivity index is 2.15. The Kier molecular flexibility index (Phi) is 4.89. The van der Waals surface area contributed by atoms with Crippen LogP contribution in [-0.2, 0) is 6.54 Å². The molecule has 0 amide bonds. The number of aromatic nitrogens is 1. The van der Waals surface area contributed by atoms with Gasteiger partial charge in [0.15, 0.2) is 0 Å². The third kappa shape index (κ3) is 3.62. The number of rotatable bonds is 4. The first kappa shape index (κ1) is 13.7. The zero-order valence-electron chi connectivity index (χ0n) is 9.78. The normalized spacial score (nSPS) is 10.6. The van der Waals surface area contributed by atoms with Crippen molar-refractivity contribution in [3.05, 3.63) is 52.1 Å². The van der Waals surface area contributed by atoms with E-state index in [0.717, 1.165) is 22.0 Å². The molecule has 5 heteroatoms. The van der Waals surface area contributed by atoms with E-state index in [-0.39, 0.29) is 0 Å². The van der Waals surface area contributed by atoms with Gasteiger partial charge in [-0.1, -0.05) is 41.0 Å². The van der Waals surface area contributed by atoms with Crippen LogP contribution in [0.5, 0.6) is 0 Å². The van der Waals surface area contributed by atoms with Crippen LogP contribution in [0.4, 0.5) is 0 Å². The Morgan fingerprint density at radius 3 is 2.72 bits per heavy atom. The lowest BCUT2D eigenvalue weighted by molar-refractivity contribution is 0.809. The van der Waals surface area contributed by atoms with Gasteiger partial charge in [-0.25, -0.2) is 4.98 Å². The minimum absolute atomic E-state index is 0.675. The summed E-state index contributed by atoms with van der Waals surface area (Å²) in [4.78, 5) is 5.30. The van der Waals surface area contributed by atoms with Crippen molar-refractivity contribution in [3.63, 3.8) is 0 Å². The van der Waals surface area contributed by atoms with Crippen molar-refractivity contribution in [2.24, 2.45) is 0 Å². The largest absolute Gasteiger partial charge is 0.316 e. The van der Waals surface area contributed by atoms with Gasteiger partial charge < -0.3 is 5.32 Å². The van der Waals surface area contributed by atoms with E-state index >= 15 is 0 Å². The van der Waals surface area contributed by atoms with Crippen LogP contribution in [0.1, 0.15) is 5.56 Å². The monoisotopic (exact) mass is 298 g/mol. The maximum atomic E-state index is 6.11. The van der Waals surface area contributed by atoms with Crippen LogP contribution in [0.25, 0.3) is 0 Å². The fraction of sp³-hybridized carbons (Fsp3) is 0.154. The van der Waals surface area contributed by atoms with Crippen LogP contribution in [0, 0.1) is 0 Å². The highest BCUT2D eigenvalue weighted by Crippen LogP contribution is 2.33. The van der Waals surface area contributed by atoms with Crippen LogP contribution >= 0.6 is 35.0 Å². The second-order valence-corrected chi connectivity index (χ2v) is 5.62. The quantitative estimate of drug-likeness (QED) is 0.913. The molecule has 0 saturated carbocycles. The molecule has 0 spiro atoms. The van der Waals surface area contributed by atoms with Crippen LogP contribution in [0.15, 0.2) is 46.5 Å². The second-order valence-electron chi connectivity index (χ2n) is 3.71. The van der Waals surface area contributed by atoms with Gasteiger partial charge in [-0.3, -0.25) is 0 Å². The summed E-state index contributed by atoms with van der Waals surface area (Å²) in [6.45, 7) is 0.815. The van der Waals surface area contributed by atoms with Crippen molar-refractivity contribution in [1.29, 1.82) is 0 Å². The molecule has 0 aliphatic carbocycles. The van der Waals surface area contributed by atoms with Crippen molar-refractivity contribution in [2.45, 2.75) is 16.5 Å². The SMILES string of the molecule is CNCc1ccc(Sc2cc(Cl)ccc2Cl)nc1. The Bertz CT molecular complexity index is 529. The first-order valence-corrected chi connectivity index (χ1v) is 6.98. The van der Waals surface area contributed by atoms with Crippen molar-refractivity contribution >= 4 is 35.0 Å². The topological polar surface area (TPSA) is 24.9 Å². The third-order valence-electron chi connectivity index (χ3n) is 2.29. The van der Waals surface area contributed by atoms with Gasteiger partial charge in [0, 0.05) is 22.7 Å². The standard InChI is InChI=1S/C13H12Cl2N2S/c1-16-7-9-2-5-13(17-8-9)18-12-6-10(14)3-4-11(12)15/h2-6,8,16H,7H2,1H3. The molecule has 1 aromatic heterocycles. The fourth-order valence-corrected chi connectivity index (χ4v) is 2.74. The summed E-state index contributed by atoms with van der Waals surface area (Å²) in [6.07, 6.45) is 1.86. The molecular formula is C13H12Cl2N2S. The molecule has 0 saturated heterocycles. The van der Waals surface area contributed by atoms with Gasteiger partial charge in [-0.15, -0.1) is 0 Å². The summed E-state index contributed by atoms with van der Waals surface area (Å²) in [6, 6.07) is 9.44. The highest BCUT2D eigenvalue weighted by Gasteiger charge is 2.05. The smallest absolute Gasteiger partial charge is 0.101 e. The first-order valence-electron chi connectivity index (χ1n) is 5.41. The summed E-state index contributed by atoms with van der Waals surface area (Å²) in [5.41, 5.74) is 1.15. The summed E-state index contributed by atoms with van der Waals surface area (Å²) in [7, 11) is 1.91.